The van der Waals surface area contributed by atoms with Crippen LogP contribution in [0, 0.1) is 0 Å². The monoisotopic (exact) mass is 798 g/mol. The number of aliphatic hydroxyl groups is 3. The molecule has 0 aliphatic carbocycles. The highest BCUT2D eigenvalue weighted by atomic mass is 16.7. The second kappa shape index (κ2) is 45.4. The van der Waals surface area contributed by atoms with Crippen LogP contribution in [-0.2, 0) is 14.3 Å². The SMILES string of the molecule is CCCCCCCCCCCCCCCCCCCCCCCCCC(=O)N[C@@H](COC(CO)OCC(C)O)C(O)CCCCCCCCCCCCCCC. The van der Waals surface area contributed by atoms with E-state index >= 15 is 0 Å². The normalized spacial score (nSPS) is 13.9. The Bertz CT molecular complexity index is 767. The van der Waals surface area contributed by atoms with E-state index in [1.54, 1.807) is 6.92 Å². The Balaban J connectivity index is 4.02. The van der Waals surface area contributed by atoms with Crippen LogP contribution in [0.25, 0.3) is 0 Å². The first kappa shape index (κ1) is 55.3. The molecular weight excluding hydrogens is 699 g/mol. The van der Waals surface area contributed by atoms with Gasteiger partial charge in [0.05, 0.1) is 38.1 Å². The molecule has 0 saturated heterocycles. The van der Waals surface area contributed by atoms with Gasteiger partial charge in [0, 0.05) is 6.42 Å². The van der Waals surface area contributed by atoms with Crippen LogP contribution in [0.5, 0.6) is 0 Å². The molecule has 0 bridgehead atoms. The summed E-state index contributed by atoms with van der Waals surface area (Å²) in [6.07, 6.45) is 46.3. The zero-order valence-electron chi connectivity index (χ0n) is 37.9. The summed E-state index contributed by atoms with van der Waals surface area (Å²) < 4.78 is 11.2. The summed E-state index contributed by atoms with van der Waals surface area (Å²) in [5.41, 5.74) is 0. The van der Waals surface area contributed by atoms with Crippen molar-refractivity contribution in [2.75, 3.05) is 19.8 Å². The van der Waals surface area contributed by atoms with Crippen LogP contribution in [0.2, 0.25) is 0 Å². The molecule has 0 aromatic rings. The van der Waals surface area contributed by atoms with Crippen molar-refractivity contribution in [3.8, 4) is 0 Å². The molecule has 0 rings (SSSR count). The highest BCUT2D eigenvalue weighted by Gasteiger charge is 2.23. The number of hydrogen-bond acceptors (Lipinski definition) is 6. The fraction of sp³-hybridized carbons (Fsp3) is 0.980. The van der Waals surface area contributed by atoms with Crippen LogP contribution >= 0.6 is 0 Å². The van der Waals surface area contributed by atoms with Crippen molar-refractivity contribution in [1.82, 2.24) is 5.32 Å². The van der Waals surface area contributed by atoms with Crippen molar-refractivity contribution >= 4 is 5.91 Å². The Hall–Kier alpha value is -0.730. The number of nitrogens with one attached hydrogen (secondary N) is 1. The Morgan fingerprint density at radius 1 is 0.464 bits per heavy atom. The molecule has 336 valence electrons. The maximum atomic E-state index is 12.9. The third kappa shape index (κ3) is 41.4. The molecule has 0 aliphatic rings. The third-order valence-electron chi connectivity index (χ3n) is 11.6. The average molecular weight is 798 g/mol. The lowest BCUT2D eigenvalue weighted by Gasteiger charge is -2.26. The maximum Gasteiger partial charge on any atom is 0.220 e. The molecule has 0 aromatic heterocycles. The summed E-state index contributed by atoms with van der Waals surface area (Å²) in [5.74, 6) is -0.0584. The molecule has 0 fully saturated rings. The summed E-state index contributed by atoms with van der Waals surface area (Å²) in [6.45, 7) is 5.90. The van der Waals surface area contributed by atoms with E-state index in [0.717, 1.165) is 25.7 Å². The van der Waals surface area contributed by atoms with Gasteiger partial charge in [0.25, 0.3) is 0 Å². The average Bonchev–Trinajstić information content (AvgIpc) is 3.19. The van der Waals surface area contributed by atoms with Crippen molar-refractivity contribution in [1.29, 1.82) is 0 Å². The van der Waals surface area contributed by atoms with Crippen LogP contribution in [0.15, 0.2) is 0 Å². The van der Waals surface area contributed by atoms with Crippen molar-refractivity contribution in [3.63, 3.8) is 0 Å². The van der Waals surface area contributed by atoms with Gasteiger partial charge in [0.2, 0.25) is 5.91 Å². The Morgan fingerprint density at radius 3 is 1.09 bits per heavy atom. The third-order valence-corrected chi connectivity index (χ3v) is 11.6. The molecule has 1 amide bonds. The summed E-state index contributed by atoms with van der Waals surface area (Å²) in [6, 6.07) is -0.562. The zero-order chi connectivity index (χ0) is 41.0. The number of amides is 1. The van der Waals surface area contributed by atoms with Gasteiger partial charge < -0.3 is 30.1 Å². The number of rotatable bonds is 47. The van der Waals surface area contributed by atoms with Gasteiger partial charge in [-0.15, -0.1) is 0 Å². The topological polar surface area (TPSA) is 108 Å². The second-order valence-corrected chi connectivity index (χ2v) is 17.4. The number of unbranched alkanes of at least 4 members (excludes halogenated alkanes) is 34. The molecule has 0 saturated carbocycles. The molecule has 4 atom stereocenters. The molecule has 0 aliphatic heterocycles. The van der Waals surface area contributed by atoms with Gasteiger partial charge in [-0.3, -0.25) is 4.79 Å². The fourth-order valence-corrected chi connectivity index (χ4v) is 7.78. The summed E-state index contributed by atoms with van der Waals surface area (Å²) in [5, 5.41) is 33.3. The van der Waals surface area contributed by atoms with E-state index in [4.69, 9.17) is 9.47 Å². The molecule has 4 N–H and O–H groups in total. The minimum atomic E-state index is -0.906. The largest absolute Gasteiger partial charge is 0.391 e. The maximum absolute atomic E-state index is 12.9. The quantitative estimate of drug-likeness (QED) is 0.0361. The van der Waals surface area contributed by atoms with E-state index in [1.807, 2.05) is 0 Å². The van der Waals surface area contributed by atoms with E-state index in [2.05, 4.69) is 19.2 Å². The first-order valence-electron chi connectivity index (χ1n) is 24.9. The molecular formula is C49H99NO6. The number of carbonyl (C=O) groups is 1. The summed E-state index contributed by atoms with van der Waals surface area (Å²) >= 11 is 0. The molecule has 7 nitrogen and oxygen atoms in total. The van der Waals surface area contributed by atoms with Crippen molar-refractivity contribution in [3.05, 3.63) is 0 Å². The number of hydrogen-bond donors (Lipinski definition) is 4. The van der Waals surface area contributed by atoms with Gasteiger partial charge in [-0.05, 0) is 19.8 Å². The van der Waals surface area contributed by atoms with E-state index in [0.29, 0.717) is 12.8 Å². The van der Waals surface area contributed by atoms with Gasteiger partial charge in [-0.2, -0.15) is 0 Å². The van der Waals surface area contributed by atoms with Gasteiger partial charge in [0.15, 0.2) is 6.29 Å². The van der Waals surface area contributed by atoms with Gasteiger partial charge in [-0.1, -0.05) is 239 Å². The highest BCUT2D eigenvalue weighted by Crippen LogP contribution is 2.17. The Kier molecular flexibility index (Phi) is 44.8. The molecule has 0 aromatic carbocycles. The Morgan fingerprint density at radius 2 is 0.768 bits per heavy atom. The lowest BCUT2D eigenvalue weighted by atomic mass is 10.0. The summed E-state index contributed by atoms with van der Waals surface area (Å²) in [7, 11) is 0. The van der Waals surface area contributed by atoms with Crippen molar-refractivity contribution < 1.29 is 29.6 Å². The van der Waals surface area contributed by atoms with Gasteiger partial charge >= 0.3 is 0 Å². The second-order valence-electron chi connectivity index (χ2n) is 17.4. The Labute approximate surface area is 349 Å². The first-order valence-corrected chi connectivity index (χ1v) is 24.9. The van der Waals surface area contributed by atoms with Crippen molar-refractivity contribution in [2.45, 2.75) is 289 Å². The standard InChI is InChI=1S/C49H99NO6/c1-4-6-8-10-12-14-16-18-19-20-21-22-23-24-25-26-27-29-31-33-35-37-39-41-48(54)50-46(44-56-49(42-51)55-43-45(3)52)47(53)40-38-36-34-32-30-28-17-15-13-11-9-7-5-2/h45-47,49,51-53H,4-44H2,1-3H3,(H,50,54)/t45?,46-,47?,49?/m0/s1. The van der Waals surface area contributed by atoms with Crippen LogP contribution in [0.1, 0.15) is 265 Å². The number of ether oxygens (including phenoxy) is 2. The predicted octanol–water partition coefficient (Wildman–Crippen LogP) is 13.4. The number of carbonyl (C=O) groups excluding carboxylic acids is 1. The van der Waals surface area contributed by atoms with E-state index in [-0.39, 0.29) is 25.7 Å². The van der Waals surface area contributed by atoms with Crippen LogP contribution in [0.3, 0.4) is 0 Å². The number of aliphatic hydroxyl groups excluding tert-OH is 3. The van der Waals surface area contributed by atoms with E-state index < -0.39 is 24.5 Å². The van der Waals surface area contributed by atoms with Crippen LogP contribution in [-0.4, -0.2) is 65.6 Å². The lowest BCUT2D eigenvalue weighted by Crippen LogP contribution is -2.47. The molecule has 56 heavy (non-hydrogen) atoms. The minimum absolute atomic E-state index is 0.0449. The van der Waals surface area contributed by atoms with Gasteiger partial charge in [0.1, 0.15) is 0 Å². The molecule has 0 spiro atoms. The van der Waals surface area contributed by atoms with Crippen molar-refractivity contribution in [2.24, 2.45) is 0 Å². The zero-order valence-corrected chi connectivity index (χ0v) is 37.9. The minimum Gasteiger partial charge on any atom is -0.391 e. The van der Waals surface area contributed by atoms with Gasteiger partial charge in [-0.25, -0.2) is 0 Å². The first-order chi connectivity index (χ1) is 27.4. The fourth-order valence-electron chi connectivity index (χ4n) is 7.78. The van der Waals surface area contributed by atoms with E-state index in [1.165, 1.54) is 205 Å². The molecule has 0 radical (unpaired) electrons. The molecule has 0 heterocycles. The predicted molar refractivity (Wildman–Crippen MR) is 239 cm³/mol. The highest BCUT2D eigenvalue weighted by molar-refractivity contribution is 5.76. The van der Waals surface area contributed by atoms with E-state index in [9.17, 15) is 20.1 Å². The molecule has 3 unspecified atom stereocenters. The smallest absolute Gasteiger partial charge is 0.220 e. The van der Waals surface area contributed by atoms with Crippen LogP contribution in [0.4, 0.5) is 0 Å². The summed E-state index contributed by atoms with van der Waals surface area (Å²) in [4.78, 5) is 12.9. The lowest BCUT2D eigenvalue weighted by molar-refractivity contribution is -0.181. The molecule has 7 heteroatoms. The van der Waals surface area contributed by atoms with Crippen LogP contribution < -0.4 is 5.32 Å².